The average molecular weight is 1010 g/mol. The molecule has 0 aromatic heterocycles. The van der Waals surface area contributed by atoms with Gasteiger partial charge in [-0.05, 0) is 55.2 Å². The fourth-order valence-electron chi connectivity index (χ4n) is 8.11. The van der Waals surface area contributed by atoms with E-state index in [-0.39, 0.29) is 50.4 Å². The standard InChI is InChI=1S/C47H72N12O13/c1-3-26(2)41-47(72)56-30(16-17-35(48)61)44(69)57-33(23-36(49)62)45(70)58-34(24-52-38(64)18-19-40(66)55-32(46(71)59-41)22-28-12-14-29(60)15-13-28)43(68)51-20-8-7-11-39(65)54-31(42(67)53-25-37(50)63)21-27-9-5-4-6-10-27/h12-15,26-27,30-34,41,60H,3-11,16-25H2,1-2H3,(H2,48,61)(H2,49,62)(H2,50,63)(H,51,68)(H,52,64)(H,53,67)(H,54,65)(H,55,66)(H,56,72)(H,57,69)(H,58,70)(H,59,71)/t26-,30-,31-,32-,33-,34-,41-/m0/s1. The molecule has 1 aliphatic carbocycles. The van der Waals surface area contributed by atoms with Crippen LogP contribution in [0.2, 0.25) is 0 Å². The number of carbonyl (C=O) groups is 12. The number of phenols is 1. The van der Waals surface area contributed by atoms with Crippen molar-refractivity contribution in [2.24, 2.45) is 29.0 Å². The summed E-state index contributed by atoms with van der Waals surface area (Å²) in [7, 11) is 0. The van der Waals surface area contributed by atoms with Gasteiger partial charge in [0.2, 0.25) is 70.9 Å². The highest BCUT2D eigenvalue weighted by molar-refractivity contribution is 5.98. The summed E-state index contributed by atoms with van der Waals surface area (Å²) in [4.78, 5) is 157. The molecule has 1 aromatic carbocycles. The summed E-state index contributed by atoms with van der Waals surface area (Å²) >= 11 is 0. The van der Waals surface area contributed by atoms with Gasteiger partial charge in [-0.25, -0.2) is 0 Å². The summed E-state index contributed by atoms with van der Waals surface area (Å²) in [6.45, 7) is 2.37. The Bertz CT molecular complexity index is 2100. The molecule has 1 aliphatic heterocycles. The topological polar surface area (TPSA) is 411 Å². The van der Waals surface area contributed by atoms with Crippen LogP contribution in [0.15, 0.2) is 24.3 Å². The van der Waals surface area contributed by atoms with Gasteiger partial charge in [-0.3, -0.25) is 57.5 Å². The van der Waals surface area contributed by atoms with E-state index < -0.39 is 152 Å². The first-order valence-electron chi connectivity index (χ1n) is 24.4. The van der Waals surface area contributed by atoms with Crippen molar-refractivity contribution in [1.29, 1.82) is 0 Å². The molecule has 2 fully saturated rings. The lowest BCUT2D eigenvalue weighted by molar-refractivity contribution is -0.136. The van der Waals surface area contributed by atoms with Gasteiger partial charge in [-0.2, -0.15) is 0 Å². The Hall–Kier alpha value is -7.34. The van der Waals surface area contributed by atoms with Crippen molar-refractivity contribution in [3.8, 4) is 5.75 Å². The third kappa shape index (κ3) is 21.7. The highest BCUT2D eigenvalue weighted by Crippen LogP contribution is 2.27. The first-order chi connectivity index (χ1) is 34.1. The second-order valence-corrected chi connectivity index (χ2v) is 18.3. The number of nitrogens with two attached hydrogens (primary N) is 3. The van der Waals surface area contributed by atoms with Crippen molar-refractivity contribution in [2.75, 3.05) is 19.6 Å². The zero-order chi connectivity index (χ0) is 53.3. The van der Waals surface area contributed by atoms with Crippen LogP contribution in [0.4, 0.5) is 0 Å². The van der Waals surface area contributed by atoms with E-state index in [1.807, 2.05) is 0 Å². The highest BCUT2D eigenvalue weighted by Gasteiger charge is 2.35. The smallest absolute Gasteiger partial charge is 0.244 e. The number of hydrogen-bond acceptors (Lipinski definition) is 13. The minimum Gasteiger partial charge on any atom is -0.508 e. The van der Waals surface area contributed by atoms with Gasteiger partial charge in [0, 0.05) is 45.2 Å². The number of hydrogen-bond donors (Lipinski definition) is 13. The Kier molecular flexibility index (Phi) is 24.9. The van der Waals surface area contributed by atoms with E-state index in [0.717, 1.165) is 32.1 Å². The second-order valence-electron chi connectivity index (χ2n) is 18.3. The Balaban J connectivity index is 1.84. The van der Waals surface area contributed by atoms with Gasteiger partial charge < -0.3 is 70.2 Å². The van der Waals surface area contributed by atoms with E-state index >= 15 is 0 Å². The molecule has 0 radical (unpaired) electrons. The lowest BCUT2D eigenvalue weighted by atomic mass is 9.84. The van der Waals surface area contributed by atoms with Crippen LogP contribution in [0.1, 0.15) is 116 Å². The van der Waals surface area contributed by atoms with E-state index in [1.54, 1.807) is 13.8 Å². The fourth-order valence-corrected chi connectivity index (χ4v) is 8.11. The third-order valence-corrected chi connectivity index (χ3v) is 12.4. The average Bonchev–Trinajstić information content (AvgIpc) is 3.33. The van der Waals surface area contributed by atoms with E-state index in [2.05, 4.69) is 47.9 Å². The molecule has 0 bridgehead atoms. The summed E-state index contributed by atoms with van der Waals surface area (Å²) in [6.07, 6.45) is 3.38. The van der Waals surface area contributed by atoms with Crippen LogP contribution in [0.25, 0.3) is 0 Å². The molecule has 1 heterocycles. The summed E-state index contributed by atoms with van der Waals surface area (Å²) in [5.41, 5.74) is 16.5. The highest BCUT2D eigenvalue weighted by atomic mass is 16.3. The van der Waals surface area contributed by atoms with E-state index in [4.69, 9.17) is 17.2 Å². The summed E-state index contributed by atoms with van der Waals surface area (Å²) in [5.74, 6) is -10.3. The number of primary amides is 3. The van der Waals surface area contributed by atoms with Crippen LogP contribution in [0.3, 0.4) is 0 Å². The molecule has 1 saturated carbocycles. The zero-order valence-electron chi connectivity index (χ0n) is 40.9. The SMILES string of the molecule is CC[C@H](C)[C@@H]1NC(=O)[C@H](Cc2ccc(O)cc2)NC(=O)CCC(=O)NC[C@@H](C(=O)NCCCCC(=O)N[C@@H](CC2CCCCC2)C(=O)NCC(N)=O)NC(=O)[C@H](CC(N)=O)NC(=O)[C@H](CCC(N)=O)NC1=O. The number of phenolic OH excluding ortho intramolecular Hbond substituents is 1. The molecular formula is C47H72N12O13. The predicted molar refractivity (Wildman–Crippen MR) is 258 cm³/mol. The number of carbonyl (C=O) groups excluding carboxylic acids is 12. The number of rotatable bonds is 21. The van der Waals surface area contributed by atoms with Crippen molar-refractivity contribution < 1.29 is 62.6 Å². The van der Waals surface area contributed by atoms with E-state index in [9.17, 15) is 62.6 Å². The van der Waals surface area contributed by atoms with Crippen LogP contribution in [0, 0.1) is 11.8 Å². The maximum absolute atomic E-state index is 14.0. The molecule has 25 nitrogen and oxygen atoms in total. The first kappa shape index (κ1) is 59.0. The number of benzene rings is 1. The molecule has 12 amide bonds. The number of aromatic hydroxyl groups is 1. The molecule has 25 heteroatoms. The Morgan fingerprint density at radius 1 is 0.708 bits per heavy atom. The van der Waals surface area contributed by atoms with Gasteiger partial charge in [0.1, 0.15) is 42.0 Å². The van der Waals surface area contributed by atoms with Gasteiger partial charge in [-0.1, -0.05) is 64.5 Å². The van der Waals surface area contributed by atoms with Crippen molar-refractivity contribution in [3.63, 3.8) is 0 Å². The quantitative estimate of drug-likeness (QED) is 0.0541. The minimum atomic E-state index is -1.77. The van der Waals surface area contributed by atoms with Crippen molar-refractivity contribution in [2.45, 2.75) is 153 Å². The lowest BCUT2D eigenvalue weighted by Gasteiger charge is -2.29. The number of nitrogens with one attached hydrogen (secondary N) is 9. The van der Waals surface area contributed by atoms with Crippen LogP contribution >= 0.6 is 0 Å². The third-order valence-electron chi connectivity index (χ3n) is 12.4. The maximum atomic E-state index is 14.0. The first-order valence-corrected chi connectivity index (χ1v) is 24.4. The van der Waals surface area contributed by atoms with Crippen LogP contribution in [-0.4, -0.2) is 132 Å². The Labute approximate surface area is 417 Å². The van der Waals surface area contributed by atoms with E-state index in [1.165, 1.54) is 24.3 Å². The second kappa shape index (κ2) is 30.4. The van der Waals surface area contributed by atoms with Crippen LogP contribution < -0.4 is 65.1 Å². The number of amides is 12. The normalized spacial score (nSPS) is 21.9. The van der Waals surface area contributed by atoms with Crippen molar-refractivity contribution in [1.82, 2.24) is 47.9 Å². The molecule has 7 atom stereocenters. The molecule has 398 valence electrons. The molecule has 72 heavy (non-hydrogen) atoms. The molecule has 1 saturated heterocycles. The predicted octanol–water partition coefficient (Wildman–Crippen LogP) is -3.20. The molecule has 3 rings (SSSR count). The van der Waals surface area contributed by atoms with E-state index in [0.29, 0.717) is 18.4 Å². The monoisotopic (exact) mass is 1010 g/mol. The molecule has 2 aliphatic rings. The van der Waals surface area contributed by atoms with Gasteiger partial charge in [0.15, 0.2) is 0 Å². The van der Waals surface area contributed by atoms with Gasteiger partial charge in [0.05, 0.1) is 13.0 Å². The molecule has 1 aromatic rings. The van der Waals surface area contributed by atoms with Crippen molar-refractivity contribution in [3.05, 3.63) is 29.8 Å². The van der Waals surface area contributed by atoms with Gasteiger partial charge in [-0.15, -0.1) is 0 Å². The van der Waals surface area contributed by atoms with Crippen LogP contribution in [-0.2, 0) is 64.0 Å². The molecule has 0 spiro atoms. The summed E-state index contributed by atoms with van der Waals surface area (Å²) in [5, 5.41) is 32.6. The fraction of sp³-hybridized carbons (Fsp3) is 0.617. The maximum Gasteiger partial charge on any atom is 0.244 e. The minimum absolute atomic E-state index is 0.0418. The van der Waals surface area contributed by atoms with Gasteiger partial charge in [0.25, 0.3) is 0 Å². The van der Waals surface area contributed by atoms with Crippen LogP contribution in [0.5, 0.6) is 5.75 Å². The van der Waals surface area contributed by atoms with Gasteiger partial charge >= 0.3 is 0 Å². The number of unbranched alkanes of at least 4 members (excludes halogenated alkanes) is 1. The Morgan fingerprint density at radius 2 is 1.35 bits per heavy atom. The summed E-state index contributed by atoms with van der Waals surface area (Å²) < 4.78 is 0. The zero-order valence-corrected chi connectivity index (χ0v) is 40.9. The summed E-state index contributed by atoms with van der Waals surface area (Å²) in [6, 6.07) is -2.69. The van der Waals surface area contributed by atoms with Crippen molar-refractivity contribution >= 4 is 70.9 Å². The molecular weight excluding hydrogens is 941 g/mol. The molecule has 0 unspecified atom stereocenters. The largest absolute Gasteiger partial charge is 0.508 e. The Morgan fingerprint density at radius 3 is 1.99 bits per heavy atom. The lowest BCUT2D eigenvalue weighted by Crippen LogP contribution is -2.61. The molecule has 16 N–H and O–H groups in total.